The topological polar surface area (TPSA) is 60.2 Å². The van der Waals surface area contributed by atoms with Crippen molar-refractivity contribution in [1.82, 2.24) is 0 Å². The average Bonchev–Trinajstić information content (AvgIpc) is 1.85. The molecule has 0 aromatic rings. The fourth-order valence-electron chi connectivity index (χ4n) is 0.714. The summed E-state index contributed by atoms with van der Waals surface area (Å²) in [5.74, 6) is 0. The Hall–Kier alpha value is -0.350. The molecule has 0 radical (unpaired) electrons. The Morgan fingerprint density at radius 2 is 2.00 bits per heavy atom. The second-order valence-corrected chi connectivity index (χ2v) is 3.91. The van der Waals surface area contributed by atoms with Crippen LogP contribution in [-0.2, 0) is 10.0 Å². The molecule has 66 valence electrons. The summed E-state index contributed by atoms with van der Waals surface area (Å²) >= 11 is 0. The summed E-state index contributed by atoms with van der Waals surface area (Å²) in [5.41, 5.74) is 0. The minimum atomic E-state index is -3.39. The maximum Gasteiger partial charge on any atom is 0.230 e. The lowest BCUT2D eigenvalue weighted by Crippen LogP contribution is -2.06. The van der Waals surface area contributed by atoms with Gasteiger partial charge in [-0.1, -0.05) is 25.8 Å². The summed E-state index contributed by atoms with van der Waals surface area (Å²) in [5, 5.41) is 5.79. The van der Waals surface area contributed by atoms with E-state index >= 15 is 0 Å². The highest BCUT2D eigenvalue weighted by atomic mass is 32.2. The van der Waals surface area contributed by atoms with Crippen molar-refractivity contribution >= 4 is 10.0 Å². The first-order valence-electron chi connectivity index (χ1n) is 3.75. The van der Waals surface area contributed by atoms with Crippen LogP contribution in [0.15, 0.2) is 11.5 Å². The van der Waals surface area contributed by atoms with Gasteiger partial charge in [0.2, 0.25) is 10.0 Å². The van der Waals surface area contributed by atoms with Gasteiger partial charge in [0, 0.05) is 5.41 Å². The molecule has 11 heavy (non-hydrogen) atoms. The summed E-state index contributed by atoms with van der Waals surface area (Å²) in [6.07, 6.45) is 5.70. The molecule has 0 aliphatic carbocycles. The smallest absolute Gasteiger partial charge is 0.225 e. The van der Waals surface area contributed by atoms with Gasteiger partial charge in [0.1, 0.15) is 0 Å². The van der Waals surface area contributed by atoms with Crippen molar-refractivity contribution in [1.29, 1.82) is 0 Å². The van der Waals surface area contributed by atoms with E-state index in [1.165, 1.54) is 0 Å². The van der Waals surface area contributed by atoms with Crippen molar-refractivity contribution in [2.75, 3.05) is 0 Å². The maximum absolute atomic E-state index is 10.4. The Bertz CT molecular complexity index is 206. The van der Waals surface area contributed by atoms with Crippen LogP contribution in [0.4, 0.5) is 0 Å². The number of hydrogen-bond donors (Lipinski definition) is 1. The first-order chi connectivity index (χ1) is 5.06. The summed E-state index contributed by atoms with van der Waals surface area (Å²) in [6, 6.07) is 0. The number of unbranched alkanes of at least 4 members (excludes halogenated alkanes) is 3. The predicted molar refractivity (Wildman–Crippen MR) is 46.4 cm³/mol. The van der Waals surface area contributed by atoms with Gasteiger partial charge in [-0.2, -0.15) is 0 Å². The molecule has 3 nitrogen and oxygen atoms in total. The van der Waals surface area contributed by atoms with Crippen molar-refractivity contribution in [3.63, 3.8) is 0 Å². The highest BCUT2D eigenvalue weighted by Crippen LogP contribution is 1.99. The normalized spacial score (nSPS) is 12.5. The molecule has 0 saturated heterocycles. The van der Waals surface area contributed by atoms with E-state index in [0.717, 1.165) is 31.1 Å². The van der Waals surface area contributed by atoms with Crippen LogP contribution in [0.3, 0.4) is 0 Å². The minimum absolute atomic E-state index is 0.796. The molecule has 0 fully saturated rings. The van der Waals surface area contributed by atoms with Crippen LogP contribution in [0.2, 0.25) is 0 Å². The molecule has 0 atom stereocenters. The van der Waals surface area contributed by atoms with Crippen molar-refractivity contribution in [3.8, 4) is 0 Å². The van der Waals surface area contributed by atoms with Crippen LogP contribution in [0.1, 0.15) is 32.6 Å². The van der Waals surface area contributed by atoms with E-state index in [4.69, 9.17) is 5.14 Å². The SMILES string of the molecule is CCCCC/C=C/S(N)(=O)=O. The molecule has 0 saturated carbocycles. The first kappa shape index (κ1) is 10.7. The fourth-order valence-corrected chi connectivity index (χ4v) is 1.12. The predicted octanol–water partition coefficient (Wildman–Crippen LogP) is 1.37. The van der Waals surface area contributed by atoms with E-state index in [-0.39, 0.29) is 0 Å². The molecule has 2 N–H and O–H groups in total. The van der Waals surface area contributed by atoms with E-state index in [1.807, 2.05) is 0 Å². The molecule has 0 bridgehead atoms. The molecule has 0 aromatic heterocycles. The van der Waals surface area contributed by atoms with Crippen LogP contribution < -0.4 is 5.14 Å². The van der Waals surface area contributed by atoms with Gasteiger partial charge >= 0.3 is 0 Å². The van der Waals surface area contributed by atoms with E-state index < -0.39 is 10.0 Å². The zero-order valence-electron chi connectivity index (χ0n) is 6.79. The summed E-state index contributed by atoms with van der Waals surface area (Å²) in [4.78, 5) is 0. The van der Waals surface area contributed by atoms with Crippen molar-refractivity contribution in [2.45, 2.75) is 32.6 Å². The highest BCUT2D eigenvalue weighted by Gasteiger charge is 1.91. The molecule has 0 amide bonds. The zero-order chi connectivity index (χ0) is 8.74. The summed E-state index contributed by atoms with van der Waals surface area (Å²) in [7, 11) is -3.39. The first-order valence-corrected chi connectivity index (χ1v) is 5.36. The molecule has 0 aliphatic rings. The van der Waals surface area contributed by atoms with E-state index in [2.05, 4.69) is 6.92 Å². The van der Waals surface area contributed by atoms with Crippen LogP contribution in [0.25, 0.3) is 0 Å². The van der Waals surface area contributed by atoms with Crippen LogP contribution >= 0.6 is 0 Å². The van der Waals surface area contributed by atoms with Crippen LogP contribution in [-0.4, -0.2) is 8.42 Å². The zero-order valence-corrected chi connectivity index (χ0v) is 7.60. The molecular formula is C7H15NO2S. The van der Waals surface area contributed by atoms with Crippen molar-refractivity contribution in [2.24, 2.45) is 5.14 Å². The third-order valence-corrected chi connectivity index (χ3v) is 1.83. The average molecular weight is 177 g/mol. The van der Waals surface area contributed by atoms with Crippen LogP contribution in [0.5, 0.6) is 0 Å². The fraction of sp³-hybridized carbons (Fsp3) is 0.714. The summed E-state index contributed by atoms with van der Waals surface area (Å²) in [6.45, 7) is 2.10. The van der Waals surface area contributed by atoms with Gasteiger partial charge in [-0.3, -0.25) is 0 Å². The number of sulfonamides is 1. The van der Waals surface area contributed by atoms with Gasteiger partial charge in [0.15, 0.2) is 0 Å². The molecule has 0 rings (SSSR count). The molecule has 0 unspecified atom stereocenters. The maximum atomic E-state index is 10.4. The molecule has 0 heterocycles. The van der Waals surface area contributed by atoms with Gasteiger partial charge in [-0.15, -0.1) is 0 Å². The second-order valence-electron chi connectivity index (χ2n) is 2.46. The second kappa shape index (κ2) is 5.32. The Morgan fingerprint density at radius 3 is 2.45 bits per heavy atom. The molecule has 0 aliphatic heterocycles. The van der Waals surface area contributed by atoms with E-state index in [9.17, 15) is 8.42 Å². The van der Waals surface area contributed by atoms with Gasteiger partial charge in [0.05, 0.1) is 0 Å². The Balaban J connectivity index is 3.46. The van der Waals surface area contributed by atoms with Crippen molar-refractivity contribution < 1.29 is 8.42 Å². The Labute approximate surface area is 68.3 Å². The summed E-state index contributed by atoms with van der Waals surface area (Å²) < 4.78 is 20.7. The minimum Gasteiger partial charge on any atom is -0.225 e. The number of rotatable bonds is 5. The number of allylic oxidation sites excluding steroid dienone is 1. The highest BCUT2D eigenvalue weighted by molar-refractivity contribution is 7.92. The van der Waals surface area contributed by atoms with Gasteiger partial charge in [-0.05, 0) is 12.8 Å². The quantitative estimate of drug-likeness (QED) is 0.645. The lowest BCUT2D eigenvalue weighted by Gasteiger charge is -1.90. The van der Waals surface area contributed by atoms with Gasteiger partial charge in [0.25, 0.3) is 0 Å². The van der Waals surface area contributed by atoms with E-state index in [1.54, 1.807) is 6.08 Å². The lowest BCUT2D eigenvalue weighted by atomic mass is 10.2. The number of primary sulfonamides is 1. The van der Waals surface area contributed by atoms with Crippen molar-refractivity contribution in [3.05, 3.63) is 11.5 Å². The monoisotopic (exact) mass is 177 g/mol. The lowest BCUT2D eigenvalue weighted by molar-refractivity contribution is 0.606. The Kier molecular flexibility index (Phi) is 5.15. The number of hydrogen-bond acceptors (Lipinski definition) is 2. The van der Waals surface area contributed by atoms with Crippen LogP contribution in [0, 0.1) is 0 Å². The molecule has 4 heteroatoms. The van der Waals surface area contributed by atoms with Gasteiger partial charge in [-0.25, -0.2) is 13.6 Å². The van der Waals surface area contributed by atoms with Gasteiger partial charge < -0.3 is 0 Å². The molecule has 0 spiro atoms. The molecule has 0 aromatic carbocycles. The Morgan fingerprint density at radius 1 is 1.36 bits per heavy atom. The number of nitrogens with two attached hydrogens (primary N) is 1. The molecular weight excluding hydrogens is 162 g/mol. The largest absolute Gasteiger partial charge is 0.230 e. The third-order valence-electron chi connectivity index (χ3n) is 1.26. The van der Waals surface area contributed by atoms with E-state index in [0.29, 0.717) is 0 Å². The third kappa shape index (κ3) is 9.65. The standard InChI is InChI=1S/C7H15NO2S/c1-2-3-4-5-6-7-11(8,9)10/h6-7H,2-5H2,1H3,(H2,8,9,10)/b7-6+.